The molecule has 2 N–H and O–H groups in total. The number of benzene rings is 2. The fourth-order valence-electron chi connectivity index (χ4n) is 6.77. The number of fused-ring (bicyclic) bond motifs is 1. The molecule has 1 unspecified atom stereocenters. The van der Waals surface area contributed by atoms with Gasteiger partial charge >= 0.3 is 5.97 Å². The number of Topliss-reactive ketones (excluding diaryl/α,β-unsaturated/α-hetero) is 1. The summed E-state index contributed by atoms with van der Waals surface area (Å²) in [5.41, 5.74) is 0.645. The average molecular weight is 1000 g/mol. The summed E-state index contributed by atoms with van der Waals surface area (Å²) in [5.74, 6) is -4.34. The van der Waals surface area contributed by atoms with Gasteiger partial charge in [0.25, 0.3) is 17.6 Å². The number of ketones is 1. The molecule has 0 saturated carbocycles. The molecular weight excluding hydrogens is 935 g/mol. The van der Waals surface area contributed by atoms with Crippen molar-refractivity contribution in [2.24, 2.45) is 0 Å². The van der Waals surface area contributed by atoms with E-state index in [-0.39, 0.29) is 60.8 Å². The van der Waals surface area contributed by atoms with E-state index in [2.05, 4.69) is 10.6 Å². The van der Waals surface area contributed by atoms with Crippen molar-refractivity contribution in [2.75, 3.05) is 157 Å². The van der Waals surface area contributed by atoms with E-state index in [9.17, 15) is 33.6 Å². The summed E-state index contributed by atoms with van der Waals surface area (Å²) in [6.45, 7) is 9.24. The Kier molecular flexibility index (Phi) is 30.3. The Balaban J connectivity index is 0.789. The highest BCUT2D eigenvalue weighted by atomic mass is 16.6. The Morgan fingerprint density at radius 1 is 0.507 bits per heavy atom. The van der Waals surface area contributed by atoms with Crippen molar-refractivity contribution in [3.63, 3.8) is 0 Å². The Bertz CT molecular complexity index is 1900. The van der Waals surface area contributed by atoms with Crippen LogP contribution >= 0.6 is 0 Å². The van der Waals surface area contributed by atoms with Crippen LogP contribution in [0.1, 0.15) is 69.6 Å². The predicted molar refractivity (Wildman–Crippen MR) is 251 cm³/mol. The molecule has 0 spiro atoms. The molecule has 0 aliphatic carbocycles. The second-order valence-corrected chi connectivity index (χ2v) is 15.6. The summed E-state index contributed by atoms with van der Waals surface area (Å²) in [5, 5.41) is 4.90. The molecule has 1 fully saturated rings. The van der Waals surface area contributed by atoms with Crippen molar-refractivity contribution in [2.45, 2.75) is 44.6 Å². The van der Waals surface area contributed by atoms with Crippen LogP contribution in [0.2, 0.25) is 0 Å². The molecule has 2 aromatic rings. The number of unbranched alkanes of at least 4 members (excludes halogenated alkanes) is 2. The standard InChI is InChI=1S/C49H69N3O19/c53-42(50-40-11-7-10-39-44(40)48(58)52(47(39)57)41-13-14-43(54)51-46(41)56)12-5-2-6-15-60-16-17-61-18-19-62-20-21-63-22-23-64-24-25-65-26-27-66-28-29-67-30-31-68-32-33-69-34-35-70-36-37-71-49(59)45(55)38-8-3-1-4-9-38/h1,3-4,7-11,41H,2,5-6,12-37H2,(H,50,53)(H,51,54,56). The van der Waals surface area contributed by atoms with Gasteiger partial charge in [-0.2, -0.15) is 0 Å². The molecule has 22 heteroatoms. The first kappa shape index (κ1) is 58.5. The van der Waals surface area contributed by atoms with E-state index >= 15 is 0 Å². The number of ether oxygens (including phenoxy) is 12. The summed E-state index contributed by atoms with van der Waals surface area (Å²) in [4.78, 5) is 87.3. The molecule has 4 rings (SSSR count). The van der Waals surface area contributed by atoms with E-state index in [0.29, 0.717) is 145 Å². The third kappa shape index (κ3) is 23.8. The van der Waals surface area contributed by atoms with Gasteiger partial charge in [0.15, 0.2) is 0 Å². The number of nitrogens with one attached hydrogen (secondary N) is 2. The second-order valence-electron chi connectivity index (χ2n) is 15.6. The van der Waals surface area contributed by atoms with E-state index in [4.69, 9.17) is 56.8 Å². The van der Waals surface area contributed by atoms with Gasteiger partial charge in [0.2, 0.25) is 17.7 Å². The lowest BCUT2D eigenvalue weighted by Gasteiger charge is -2.27. The van der Waals surface area contributed by atoms with E-state index < -0.39 is 41.4 Å². The number of imide groups is 2. The molecule has 0 bridgehead atoms. The number of piperidine rings is 1. The minimum atomic E-state index is -1.08. The number of carbonyl (C=O) groups is 7. The minimum Gasteiger partial charge on any atom is -0.457 e. The number of hydrogen-bond acceptors (Lipinski definition) is 19. The zero-order valence-corrected chi connectivity index (χ0v) is 40.4. The topological polar surface area (TPSA) is 258 Å². The van der Waals surface area contributed by atoms with Crippen molar-refractivity contribution in [1.82, 2.24) is 10.2 Å². The van der Waals surface area contributed by atoms with Gasteiger partial charge in [-0.05, 0) is 31.4 Å². The average Bonchev–Trinajstić information content (AvgIpc) is 3.63. The predicted octanol–water partition coefficient (Wildman–Crippen LogP) is 2.20. The van der Waals surface area contributed by atoms with E-state index in [1.807, 2.05) is 0 Å². The summed E-state index contributed by atoms with van der Waals surface area (Å²) in [6, 6.07) is 11.7. The number of carbonyl (C=O) groups excluding carboxylic acids is 7. The summed E-state index contributed by atoms with van der Waals surface area (Å²) in [7, 11) is 0. The fourth-order valence-corrected chi connectivity index (χ4v) is 6.77. The quantitative estimate of drug-likeness (QED) is 0.0317. The van der Waals surface area contributed by atoms with E-state index in [1.54, 1.807) is 42.5 Å². The lowest BCUT2D eigenvalue weighted by molar-refractivity contribution is -0.140. The number of nitrogens with zero attached hydrogens (tertiary/aromatic N) is 1. The maximum absolute atomic E-state index is 13.2. The molecule has 394 valence electrons. The van der Waals surface area contributed by atoms with E-state index in [1.165, 1.54) is 6.07 Å². The van der Waals surface area contributed by atoms with Gasteiger partial charge in [-0.15, -0.1) is 0 Å². The third-order valence-corrected chi connectivity index (χ3v) is 10.3. The van der Waals surface area contributed by atoms with Crippen LogP contribution in [0.25, 0.3) is 0 Å². The van der Waals surface area contributed by atoms with Crippen LogP contribution in [0.15, 0.2) is 48.5 Å². The first-order valence-corrected chi connectivity index (χ1v) is 24.0. The molecule has 22 nitrogen and oxygen atoms in total. The van der Waals surface area contributed by atoms with Crippen LogP contribution < -0.4 is 10.6 Å². The minimum absolute atomic E-state index is 0.0181. The Hall–Kier alpha value is -5.11. The molecule has 2 heterocycles. The highest BCUT2D eigenvalue weighted by Crippen LogP contribution is 2.32. The molecule has 1 saturated heterocycles. The highest BCUT2D eigenvalue weighted by Gasteiger charge is 2.45. The summed E-state index contributed by atoms with van der Waals surface area (Å²) in [6.07, 6.45) is 2.40. The maximum atomic E-state index is 13.2. The summed E-state index contributed by atoms with van der Waals surface area (Å²) < 4.78 is 65.2. The zero-order chi connectivity index (χ0) is 50.6. The molecule has 0 radical (unpaired) electrons. The highest BCUT2D eigenvalue weighted by molar-refractivity contribution is 6.40. The number of hydrogen-bond donors (Lipinski definition) is 2. The van der Waals surface area contributed by atoms with Crippen LogP contribution in [-0.4, -0.2) is 204 Å². The van der Waals surface area contributed by atoms with Crippen molar-refractivity contribution in [1.29, 1.82) is 0 Å². The fraction of sp³-hybridized carbons (Fsp3) is 0.612. The van der Waals surface area contributed by atoms with Crippen molar-refractivity contribution >= 4 is 47.0 Å². The van der Waals surface area contributed by atoms with Crippen LogP contribution in [0.3, 0.4) is 0 Å². The monoisotopic (exact) mass is 1000 g/mol. The molecule has 5 amide bonds. The summed E-state index contributed by atoms with van der Waals surface area (Å²) >= 11 is 0. The van der Waals surface area contributed by atoms with Crippen LogP contribution in [0.4, 0.5) is 5.69 Å². The van der Waals surface area contributed by atoms with Crippen molar-refractivity contribution in [3.8, 4) is 0 Å². The van der Waals surface area contributed by atoms with Gasteiger partial charge in [-0.25, -0.2) is 4.79 Å². The Morgan fingerprint density at radius 3 is 1.42 bits per heavy atom. The van der Waals surface area contributed by atoms with Gasteiger partial charge in [-0.1, -0.05) is 42.8 Å². The van der Waals surface area contributed by atoms with Crippen molar-refractivity contribution < 1.29 is 90.4 Å². The van der Waals surface area contributed by atoms with Gasteiger partial charge in [0.1, 0.15) is 12.6 Å². The van der Waals surface area contributed by atoms with Gasteiger partial charge in [-0.3, -0.25) is 39.0 Å². The lowest BCUT2D eigenvalue weighted by atomic mass is 10.0. The molecule has 0 aromatic heterocycles. The van der Waals surface area contributed by atoms with Gasteiger partial charge < -0.3 is 62.2 Å². The number of rotatable bonds is 43. The zero-order valence-electron chi connectivity index (χ0n) is 40.4. The number of anilines is 1. The SMILES string of the molecule is O=C1CCC(N2C(=O)c3cccc(NC(=O)CCCCCOCCOCCOCCOCCOCCOCCOCCOCCOCCOCCOCCOC(=O)C(=O)c4ccccc4)c3C2=O)C(=O)N1. The molecule has 2 aliphatic rings. The first-order chi connectivity index (χ1) is 34.8. The molecule has 71 heavy (non-hydrogen) atoms. The molecular formula is C49H69N3O19. The van der Waals surface area contributed by atoms with Crippen LogP contribution in [0.5, 0.6) is 0 Å². The molecule has 2 aromatic carbocycles. The van der Waals surface area contributed by atoms with Crippen LogP contribution in [0, 0.1) is 0 Å². The molecule has 1 atom stereocenters. The van der Waals surface area contributed by atoms with Crippen molar-refractivity contribution in [3.05, 3.63) is 65.2 Å². The van der Waals surface area contributed by atoms with Gasteiger partial charge in [0.05, 0.1) is 156 Å². The maximum Gasteiger partial charge on any atom is 0.379 e. The van der Waals surface area contributed by atoms with E-state index in [0.717, 1.165) is 17.7 Å². The largest absolute Gasteiger partial charge is 0.457 e. The smallest absolute Gasteiger partial charge is 0.379 e. The van der Waals surface area contributed by atoms with Crippen LogP contribution in [-0.2, 0) is 76.0 Å². The third-order valence-electron chi connectivity index (χ3n) is 10.3. The first-order valence-electron chi connectivity index (χ1n) is 24.0. The number of amides is 5. The van der Waals surface area contributed by atoms with Gasteiger partial charge in [0, 0.05) is 25.0 Å². The second kappa shape index (κ2) is 36.8. The lowest BCUT2D eigenvalue weighted by Crippen LogP contribution is -2.54. The normalized spacial score (nSPS) is 14.5. The molecule has 2 aliphatic heterocycles. The Labute approximate surface area is 413 Å². The number of esters is 1. The Morgan fingerprint density at radius 2 is 0.958 bits per heavy atom.